The lowest BCUT2D eigenvalue weighted by Gasteiger charge is -2.34. The van der Waals surface area contributed by atoms with E-state index in [1.807, 2.05) is 12.1 Å². The summed E-state index contributed by atoms with van der Waals surface area (Å²) in [4.78, 5) is 19.8. The van der Waals surface area contributed by atoms with Gasteiger partial charge in [0.25, 0.3) is 5.91 Å². The second-order valence-electron chi connectivity index (χ2n) is 5.02. The van der Waals surface area contributed by atoms with E-state index in [0.717, 1.165) is 25.4 Å². The minimum Gasteiger partial charge on any atom is -0.468 e. The highest BCUT2D eigenvalue weighted by Crippen LogP contribution is 2.11. The number of rotatable bonds is 3. The number of nitrogens with zero attached hydrogens (tertiary/aromatic N) is 3. The molecule has 0 bridgehead atoms. The first-order valence-corrected chi connectivity index (χ1v) is 6.88. The van der Waals surface area contributed by atoms with Crippen molar-refractivity contribution in [1.82, 2.24) is 14.8 Å². The predicted octanol–water partition coefficient (Wildman–Crippen LogP) is 1.77. The topological polar surface area (TPSA) is 49.6 Å². The van der Waals surface area contributed by atoms with Crippen LogP contribution in [0.1, 0.15) is 16.1 Å². The molecule has 1 aliphatic heterocycles. The largest absolute Gasteiger partial charge is 0.468 e. The molecule has 0 unspecified atom stereocenters. The van der Waals surface area contributed by atoms with Crippen LogP contribution in [0, 0.1) is 5.95 Å². The van der Waals surface area contributed by atoms with E-state index < -0.39 is 5.95 Å². The molecule has 1 aliphatic rings. The molecule has 110 valence electrons. The van der Waals surface area contributed by atoms with Gasteiger partial charge in [0.1, 0.15) is 5.76 Å². The van der Waals surface area contributed by atoms with Crippen molar-refractivity contribution in [1.29, 1.82) is 0 Å². The number of piperazine rings is 1. The molecule has 0 aromatic carbocycles. The highest BCUT2D eigenvalue weighted by molar-refractivity contribution is 5.93. The lowest BCUT2D eigenvalue weighted by molar-refractivity contribution is 0.0620. The van der Waals surface area contributed by atoms with Crippen LogP contribution in [-0.4, -0.2) is 46.9 Å². The molecule has 1 saturated heterocycles. The zero-order valence-electron chi connectivity index (χ0n) is 11.5. The quantitative estimate of drug-likeness (QED) is 0.808. The van der Waals surface area contributed by atoms with Gasteiger partial charge in [0.2, 0.25) is 5.95 Å². The molecular weight excluding hydrogens is 273 g/mol. The fourth-order valence-electron chi connectivity index (χ4n) is 2.42. The SMILES string of the molecule is O=C(c1ccc(F)nc1)N1CCN(Cc2ccco2)CC1. The molecule has 1 amide bonds. The number of hydrogen-bond donors (Lipinski definition) is 0. The maximum atomic E-state index is 12.8. The first kappa shape index (κ1) is 13.8. The highest BCUT2D eigenvalue weighted by atomic mass is 19.1. The Morgan fingerprint density at radius 2 is 2.05 bits per heavy atom. The van der Waals surface area contributed by atoms with Crippen molar-refractivity contribution < 1.29 is 13.6 Å². The fraction of sp³-hybridized carbons (Fsp3) is 0.333. The molecule has 2 aromatic heterocycles. The normalized spacial score (nSPS) is 16.1. The number of hydrogen-bond acceptors (Lipinski definition) is 4. The Kier molecular flexibility index (Phi) is 3.96. The molecule has 0 aliphatic carbocycles. The molecule has 0 saturated carbocycles. The monoisotopic (exact) mass is 289 g/mol. The van der Waals surface area contributed by atoms with Crippen molar-refractivity contribution >= 4 is 5.91 Å². The molecular formula is C15H16FN3O2. The summed E-state index contributed by atoms with van der Waals surface area (Å²) < 4.78 is 18.1. The van der Waals surface area contributed by atoms with E-state index in [9.17, 15) is 9.18 Å². The summed E-state index contributed by atoms with van der Waals surface area (Å²) in [6, 6.07) is 6.50. The average Bonchev–Trinajstić information content (AvgIpc) is 3.01. The standard InChI is InChI=1S/C15H16FN3O2/c16-14-4-3-12(10-17-14)15(20)19-7-5-18(6-8-19)11-13-2-1-9-21-13/h1-4,9-10H,5-8,11H2. The van der Waals surface area contributed by atoms with E-state index in [1.54, 1.807) is 11.2 Å². The Labute approximate surface area is 122 Å². The maximum Gasteiger partial charge on any atom is 0.255 e. The van der Waals surface area contributed by atoms with E-state index in [-0.39, 0.29) is 5.91 Å². The summed E-state index contributed by atoms with van der Waals surface area (Å²) in [5, 5.41) is 0. The van der Waals surface area contributed by atoms with Crippen LogP contribution >= 0.6 is 0 Å². The Hall–Kier alpha value is -2.21. The van der Waals surface area contributed by atoms with Gasteiger partial charge in [-0.25, -0.2) is 4.98 Å². The van der Waals surface area contributed by atoms with Crippen LogP contribution in [0.15, 0.2) is 41.1 Å². The number of carbonyl (C=O) groups excluding carboxylic acids is 1. The van der Waals surface area contributed by atoms with Gasteiger partial charge >= 0.3 is 0 Å². The van der Waals surface area contributed by atoms with Crippen LogP contribution in [-0.2, 0) is 6.54 Å². The third-order valence-electron chi connectivity index (χ3n) is 3.59. The zero-order valence-corrected chi connectivity index (χ0v) is 11.5. The van der Waals surface area contributed by atoms with Crippen molar-refractivity contribution in [3.05, 3.63) is 54.0 Å². The van der Waals surface area contributed by atoms with Crippen molar-refractivity contribution in [2.24, 2.45) is 0 Å². The van der Waals surface area contributed by atoms with E-state index in [2.05, 4.69) is 9.88 Å². The highest BCUT2D eigenvalue weighted by Gasteiger charge is 2.22. The number of furan rings is 1. The van der Waals surface area contributed by atoms with E-state index in [1.165, 1.54) is 18.3 Å². The van der Waals surface area contributed by atoms with Gasteiger partial charge in [-0.05, 0) is 24.3 Å². The first-order valence-electron chi connectivity index (χ1n) is 6.88. The number of aromatic nitrogens is 1. The van der Waals surface area contributed by atoms with Gasteiger partial charge in [0, 0.05) is 32.4 Å². The van der Waals surface area contributed by atoms with Crippen molar-refractivity contribution in [3.8, 4) is 0 Å². The third kappa shape index (κ3) is 3.28. The van der Waals surface area contributed by atoms with Crippen molar-refractivity contribution in [2.75, 3.05) is 26.2 Å². The molecule has 3 heterocycles. The molecule has 0 spiro atoms. The predicted molar refractivity (Wildman–Crippen MR) is 74.1 cm³/mol. The minimum atomic E-state index is -0.574. The van der Waals surface area contributed by atoms with Crippen molar-refractivity contribution in [2.45, 2.75) is 6.54 Å². The molecule has 5 nitrogen and oxygen atoms in total. The average molecular weight is 289 g/mol. The fourth-order valence-corrected chi connectivity index (χ4v) is 2.42. The van der Waals surface area contributed by atoms with Crippen molar-refractivity contribution in [3.63, 3.8) is 0 Å². The smallest absolute Gasteiger partial charge is 0.255 e. The van der Waals surface area contributed by atoms with Crippen LogP contribution in [0.4, 0.5) is 4.39 Å². The third-order valence-corrected chi connectivity index (χ3v) is 3.59. The van der Waals surface area contributed by atoms with Crippen LogP contribution < -0.4 is 0 Å². The molecule has 0 N–H and O–H groups in total. The Bertz CT molecular complexity index is 590. The summed E-state index contributed by atoms with van der Waals surface area (Å²) in [5.41, 5.74) is 0.427. The van der Waals surface area contributed by atoms with Crippen LogP contribution in [0.3, 0.4) is 0 Å². The molecule has 6 heteroatoms. The lowest BCUT2D eigenvalue weighted by Crippen LogP contribution is -2.48. The number of halogens is 1. The van der Waals surface area contributed by atoms with Gasteiger partial charge in [0.05, 0.1) is 18.4 Å². The molecule has 0 atom stereocenters. The second-order valence-corrected chi connectivity index (χ2v) is 5.02. The molecule has 2 aromatic rings. The maximum absolute atomic E-state index is 12.8. The van der Waals surface area contributed by atoms with Crippen LogP contribution in [0.25, 0.3) is 0 Å². The molecule has 21 heavy (non-hydrogen) atoms. The summed E-state index contributed by atoms with van der Waals surface area (Å²) in [6.07, 6.45) is 2.95. The summed E-state index contributed by atoms with van der Waals surface area (Å²) in [7, 11) is 0. The van der Waals surface area contributed by atoms with Crippen LogP contribution in [0.5, 0.6) is 0 Å². The van der Waals surface area contributed by atoms with Gasteiger partial charge in [-0.3, -0.25) is 9.69 Å². The number of pyridine rings is 1. The number of carbonyl (C=O) groups is 1. The lowest BCUT2D eigenvalue weighted by atomic mass is 10.2. The van der Waals surface area contributed by atoms with Gasteiger partial charge in [0.15, 0.2) is 0 Å². The van der Waals surface area contributed by atoms with Crippen LogP contribution in [0.2, 0.25) is 0 Å². The van der Waals surface area contributed by atoms with E-state index >= 15 is 0 Å². The van der Waals surface area contributed by atoms with Gasteiger partial charge < -0.3 is 9.32 Å². The molecule has 3 rings (SSSR count). The Morgan fingerprint density at radius 1 is 1.24 bits per heavy atom. The van der Waals surface area contributed by atoms with Gasteiger partial charge in [-0.1, -0.05) is 0 Å². The van der Waals surface area contributed by atoms with Gasteiger partial charge in [-0.15, -0.1) is 0 Å². The van der Waals surface area contributed by atoms with E-state index in [4.69, 9.17) is 4.42 Å². The van der Waals surface area contributed by atoms with Gasteiger partial charge in [-0.2, -0.15) is 4.39 Å². The zero-order chi connectivity index (χ0) is 14.7. The number of amides is 1. The summed E-state index contributed by atoms with van der Waals surface area (Å²) >= 11 is 0. The molecule has 0 radical (unpaired) electrons. The molecule has 1 fully saturated rings. The van der Waals surface area contributed by atoms with E-state index in [0.29, 0.717) is 18.7 Å². The summed E-state index contributed by atoms with van der Waals surface area (Å²) in [5.74, 6) is 0.257. The Morgan fingerprint density at radius 3 is 2.67 bits per heavy atom. The first-order chi connectivity index (χ1) is 10.2. The summed E-state index contributed by atoms with van der Waals surface area (Å²) in [6.45, 7) is 3.64. The second kappa shape index (κ2) is 6.05. The Balaban J connectivity index is 1.55. The minimum absolute atomic E-state index is 0.0971.